The number of phenols is 1. The van der Waals surface area contributed by atoms with Gasteiger partial charge in [-0.25, -0.2) is 4.79 Å². The third-order valence-corrected chi connectivity index (χ3v) is 6.52. The normalized spacial score (nSPS) is 19.7. The summed E-state index contributed by atoms with van der Waals surface area (Å²) < 4.78 is 0. The van der Waals surface area contributed by atoms with Crippen LogP contribution in [-0.4, -0.2) is 56.8 Å². The zero-order chi connectivity index (χ0) is 19.5. The van der Waals surface area contributed by atoms with Crippen molar-refractivity contribution in [3.8, 4) is 5.75 Å². The Morgan fingerprint density at radius 1 is 1.29 bits per heavy atom. The molecule has 2 aromatic rings. The smallest absolute Gasteiger partial charge is 0.324 e. The maximum Gasteiger partial charge on any atom is 0.324 e. The molecule has 2 heterocycles. The van der Waals surface area contributed by atoms with Gasteiger partial charge in [0.25, 0.3) is 0 Å². The Hall–Kier alpha value is -2.19. The van der Waals surface area contributed by atoms with E-state index in [0.29, 0.717) is 30.2 Å². The predicted molar refractivity (Wildman–Crippen MR) is 110 cm³/mol. The molecule has 2 fully saturated rings. The highest BCUT2D eigenvalue weighted by Gasteiger charge is 2.29. The summed E-state index contributed by atoms with van der Waals surface area (Å²) in [4.78, 5) is 17.3. The molecule has 2 aliphatic rings. The molecule has 8 heteroatoms. The van der Waals surface area contributed by atoms with Crippen LogP contribution in [0.3, 0.4) is 0 Å². The van der Waals surface area contributed by atoms with Crippen LogP contribution in [0.15, 0.2) is 24.3 Å². The molecule has 1 aromatic heterocycles. The Labute approximate surface area is 169 Å². The first-order valence-corrected chi connectivity index (χ1v) is 10.9. The third-order valence-electron chi connectivity index (χ3n) is 5.51. The summed E-state index contributed by atoms with van der Waals surface area (Å²) in [6, 6.07) is 7.27. The molecule has 1 saturated heterocycles. The van der Waals surface area contributed by atoms with Gasteiger partial charge in [0, 0.05) is 25.0 Å². The minimum atomic E-state index is -0.144. The number of hydrogen-bond donors (Lipinski definition) is 2. The number of hydrogen-bond acceptors (Lipinski definition) is 6. The summed E-state index contributed by atoms with van der Waals surface area (Å²) in [7, 11) is 0. The van der Waals surface area contributed by atoms with E-state index >= 15 is 0 Å². The summed E-state index contributed by atoms with van der Waals surface area (Å²) in [6.07, 6.45) is 4.63. The van der Waals surface area contributed by atoms with Gasteiger partial charge in [0.1, 0.15) is 10.8 Å². The minimum absolute atomic E-state index is 0.144. The van der Waals surface area contributed by atoms with E-state index in [-0.39, 0.29) is 11.8 Å². The monoisotopic (exact) mass is 401 g/mol. The molecular weight excluding hydrogens is 374 g/mol. The van der Waals surface area contributed by atoms with Crippen LogP contribution < -0.4 is 5.32 Å². The molecule has 2 amide bonds. The summed E-state index contributed by atoms with van der Waals surface area (Å²) in [5, 5.41) is 22.4. The molecule has 28 heavy (non-hydrogen) atoms. The Kier molecular flexibility index (Phi) is 5.77. The first-order chi connectivity index (χ1) is 13.6. The number of amides is 2. The summed E-state index contributed by atoms with van der Waals surface area (Å²) in [5.74, 6) is 0.766. The molecule has 1 aliphatic carbocycles. The van der Waals surface area contributed by atoms with Crippen molar-refractivity contribution in [2.45, 2.75) is 51.1 Å². The molecule has 7 nitrogen and oxygen atoms in total. The second kappa shape index (κ2) is 8.45. The zero-order valence-corrected chi connectivity index (χ0v) is 17.0. The quantitative estimate of drug-likeness (QED) is 0.740. The van der Waals surface area contributed by atoms with Gasteiger partial charge in [0.05, 0.1) is 0 Å². The van der Waals surface area contributed by atoms with E-state index in [9.17, 15) is 9.90 Å². The first kappa shape index (κ1) is 19.1. The third kappa shape index (κ3) is 4.62. The number of rotatable bonds is 7. The zero-order valence-electron chi connectivity index (χ0n) is 16.2. The summed E-state index contributed by atoms with van der Waals surface area (Å²) >= 11 is 1.48. The van der Waals surface area contributed by atoms with Crippen LogP contribution >= 0.6 is 11.3 Å². The number of phenolic OH excluding ortho intramolecular Hbond substituents is 1. The second-order valence-corrected chi connectivity index (χ2v) is 8.63. The number of benzene rings is 1. The van der Waals surface area contributed by atoms with Gasteiger partial charge in [-0.15, -0.1) is 10.2 Å². The standard InChI is InChI=1S/C20H27N5O2S/c1-2-24-11-3-4-16(24)13-25(12-14-5-9-17(26)10-6-14)20(27)21-19-23-22-18(28-19)15-7-8-15/h5-6,9-10,15-16,26H,2-4,7-8,11-13H2,1H3,(H,21,23,27)/t16-/m1/s1. The largest absolute Gasteiger partial charge is 0.508 e. The van der Waals surface area contributed by atoms with Gasteiger partial charge < -0.3 is 10.0 Å². The van der Waals surface area contributed by atoms with Crippen molar-refractivity contribution in [1.82, 2.24) is 20.0 Å². The van der Waals surface area contributed by atoms with Gasteiger partial charge in [-0.3, -0.25) is 10.2 Å². The molecule has 0 radical (unpaired) electrons. The van der Waals surface area contributed by atoms with E-state index in [1.807, 2.05) is 17.0 Å². The highest BCUT2D eigenvalue weighted by molar-refractivity contribution is 7.15. The number of nitrogens with one attached hydrogen (secondary N) is 1. The second-order valence-electron chi connectivity index (χ2n) is 7.62. The fraction of sp³-hybridized carbons (Fsp3) is 0.550. The summed E-state index contributed by atoms with van der Waals surface area (Å²) in [6.45, 7) is 5.43. The first-order valence-electron chi connectivity index (χ1n) is 10.0. The van der Waals surface area contributed by atoms with E-state index in [2.05, 4.69) is 27.3 Å². The molecule has 1 saturated carbocycles. The van der Waals surface area contributed by atoms with Gasteiger partial charge in [0.15, 0.2) is 0 Å². The summed E-state index contributed by atoms with van der Waals surface area (Å²) in [5.41, 5.74) is 0.991. The number of carbonyl (C=O) groups excluding carboxylic acids is 1. The Morgan fingerprint density at radius 3 is 2.79 bits per heavy atom. The lowest BCUT2D eigenvalue weighted by Gasteiger charge is -2.30. The number of likely N-dealkylation sites (N-methyl/N-ethyl adjacent to an activating group) is 1. The van der Waals surface area contributed by atoms with E-state index in [1.165, 1.54) is 30.6 Å². The number of aromatic nitrogens is 2. The molecule has 0 spiro atoms. The number of nitrogens with zero attached hydrogens (tertiary/aromatic N) is 4. The highest BCUT2D eigenvalue weighted by Crippen LogP contribution is 2.42. The van der Waals surface area contributed by atoms with E-state index < -0.39 is 0 Å². The van der Waals surface area contributed by atoms with Crippen LogP contribution in [0.25, 0.3) is 0 Å². The number of aromatic hydroxyl groups is 1. The van der Waals surface area contributed by atoms with Crippen LogP contribution in [0.1, 0.15) is 49.1 Å². The molecule has 1 aromatic carbocycles. The number of likely N-dealkylation sites (tertiary alicyclic amines) is 1. The lowest BCUT2D eigenvalue weighted by atomic mass is 10.1. The number of carbonyl (C=O) groups is 1. The minimum Gasteiger partial charge on any atom is -0.508 e. The van der Waals surface area contributed by atoms with Crippen molar-refractivity contribution >= 4 is 22.5 Å². The Morgan fingerprint density at radius 2 is 2.07 bits per heavy atom. The van der Waals surface area contributed by atoms with Gasteiger partial charge in [-0.2, -0.15) is 0 Å². The molecule has 0 bridgehead atoms. The average Bonchev–Trinajstić information content (AvgIpc) is 3.27. The molecule has 1 aliphatic heterocycles. The number of urea groups is 1. The van der Waals surface area contributed by atoms with Crippen molar-refractivity contribution in [3.63, 3.8) is 0 Å². The van der Waals surface area contributed by atoms with Crippen LogP contribution in [0, 0.1) is 0 Å². The maximum atomic E-state index is 13.0. The number of anilines is 1. The van der Waals surface area contributed by atoms with Gasteiger partial charge >= 0.3 is 6.03 Å². The van der Waals surface area contributed by atoms with Crippen LogP contribution in [0.4, 0.5) is 9.93 Å². The predicted octanol–water partition coefficient (Wildman–Crippen LogP) is 3.64. The van der Waals surface area contributed by atoms with Crippen molar-refractivity contribution in [2.75, 3.05) is 25.0 Å². The van der Waals surface area contributed by atoms with Gasteiger partial charge in [-0.1, -0.05) is 30.4 Å². The van der Waals surface area contributed by atoms with E-state index in [0.717, 1.165) is 30.1 Å². The molecular formula is C20H27N5O2S. The van der Waals surface area contributed by atoms with Crippen molar-refractivity contribution < 1.29 is 9.90 Å². The topological polar surface area (TPSA) is 81.6 Å². The fourth-order valence-electron chi connectivity index (χ4n) is 3.76. The van der Waals surface area contributed by atoms with Crippen LogP contribution in [0.2, 0.25) is 0 Å². The molecule has 2 N–H and O–H groups in total. The van der Waals surface area contributed by atoms with Crippen molar-refractivity contribution in [2.24, 2.45) is 0 Å². The molecule has 4 rings (SSSR count). The SMILES string of the molecule is CCN1CCC[C@@H]1CN(Cc1ccc(O)cc1)C(=O)Nc1nnc(C2CC2)s1. The maximum absolute atomic E-state index is 13.0. The van der Waals surface area contributed by atoms with Crippen molar-refractivity contribution in [1.29, 1.82) is 0 Å². The highest BCUT2D eigenvalue weighted by atomic mass is 32.1. The van der Waals surface area contributed by atoms with Crippen molar-refractivity contribution in [3.05, 3.63) is 34.8 Å². The Bertz CT molecular complexity index is 805. The fourth-order valence-corrected chi connectivity index (χ4v) is 4.67. The van der Waals surface area contributed by atoms with Crippen LogP contribution in [0.5, 0.6) is 5.75 Å². The lowest BCUT2D eigenvalue weighted by molar-refractivity contribution is 0.175. The Balaban J connectivity index is 1.46. The average molecular weight is 402 g/mol. The van der Waals surface area contributed by atoms with Crippen LogP contribution in [-0.2, 0) is 6.54 Å². The molecule has 150 valence electrons. The van der Waals surface area contributed by atoms with Gasteiger partial charge in [-0.05, 0) is 56.5 Å². The molecule has 1 atom stereocenters. The van der Waals surface area contributed by atoms with Gasteiger partial charge in [0.2, 0.25) is 5.13 Å². The molecule has 0 unspecified atom stereocenters. The lowest BCUT2D eigenvalue weighted by Crippen LogP contribution is -2.44. The van der Waals surface area contributed by atoms with E-state index in [1.54, 1.807) is 12.1 Å². The van der Waals surface area contributed by atoms with E-state index in [4.69, 9.17) is 0 Å².